The number of hydrogen-bond acceptors (Lipinski definition) is 6. The highest BCUT2D eigenvalue weighted by Crippen LogP contribution is 2.39. The molecule has 7 nitrogen and oxygen atoms in total. The Balaban J connectivity index is 1.46. The Morgan fingerprint density at radius 3 is 1.98 bits per heavy atom. The number of carbonyl (C=O) groups is 1. The number of nitrogens with one attached hydrogen (secondary N) is 1. The summed E-state index contributed by atoms with van der Waals surface area (Å²) in [7, 11) is 3.24. The molecule has 1 N–H and O–H groups in total. The molecule has 42 heavy (non-hydrogen) atoms. The number of anilines is 1. The lowest BCUT2D eigenvalue weighted by Gasteiger charge is -2.36. The Labute approximate surface area is 254 Å². The second kappa shape index (κ2) is 17.1. The zero-order chi connectivity index (χ0) is 30.4. The van der Waals surface area contributed by atoms with Gasteiger partial charge < -0.3 is 19.1 Å². The van der Waals surface area contributed by atoms with Gasteiger partial charge in [0.1, 0.15) is 0 Å². The number of ether oxygens (including phenoxy) is 3. The molecule has 0 unspecified atom stereocenters. The van der Waals surface area contributed by atoms with Gasteiger partial charge in [0.25, 0.3) is 5.91 Å². The number of amides is 1. The average Bonchev–Trinajstić information content (AvgIpc) is 2.99. The average molecular weight is 580 g/mol. The van der Waals surface area contributed by atoms with Gasteiger partial charge in [-0.3, -0.25) is 10.2 Å². The van der Waals surface area contributed by atoms with Crippen molar-refractivity contribution >= 4 is 17.7 Å². The Hall–Kier alpha value is -3.19. The maximum Gasteiger partial charge on any atom is 0.258 e. The molecule has 232 valence electrons. The topological polar surface area (TPSA) is 63.3 Å². The van der Waals surface area contributed by atoms with Crippen LogP contribution in [0.15, 0.2) is 42.5 Å². The lowest BCUT2D eigenvalue weighted by molar-refractivity contribution is -0.121. The van der Waals surface area contributed by atoms with Gasteiger partial charge in [-0.1, -0.05) is 84.8 Å². The molecule has 1 aliphatic rings. The summed E-state index contributed by atoms with van der Waals surface area (Å²) < 4.78 is 17.3. The van der Waals surface area contributed by atoms with Crippen LogP contribution in [0.1, 0.15) is 90.2 Å². The fraction of sp³-hybridized carbons (Fsp3) is 0.571. The number of nitrogens with zero attached hydrogens (tertiary/aromatic N) is 2. The Bertz CT molecular complexity index is 1090. The summed E-state index contributed by atoms with van der Waals surface area (Å²) in [5, 5.41) is 1.98. The third-order valence-electron chi connectivity index (χ3n) is 7.80. The number of rotatable bonds is 16. The summed E-state index contributed by atoms with van der Waals surface area (Å²) in [6.45, 7) is 12.8. The maximum atomic E-state index is 12.7. The van der Waals surface area contributed by atoms with E-state index in [1.165, 1.54) is 49.8 Å². The van der Waals surface area contributed by atoms with Crippen LogP contribution >= 0.6 is 0 Å². The zero-order valence-electron chi connectivity index (χ0n) is 26.8. The van der Waals surface area contributed by atoms with E-state index in [1.807, 2.05) is 17.1 Å². The van der Waals surface area contributed by atoms with Crippen LogP contribution in [0.25, 0.3) is 6.08 Å². The SMILES string of the molecule is CCCCCCCCCCOc1c(OC)cc(/C=C/C(=O)NN2CCN(c3ccc(C(C)(C)C)cc3)CC2)cc1OC. The van der Waals surface area contributed by atoms with Crippen molar-refractivity contribution in [1.82, 2.24) is 10.4 Å². The molecule has 1 fully saturated rings. The summed E-state index contributed by atoms with van der Waals surface area (Å²) in [6.07, 6.45) is 13.3. The van der Waals surface area contributed by atoms with Crippen molar-refractivity contribution in [2.24, 2.45) is 0 Å². The summed E-state index contributed by atoms with van der Waals surface area (Å²) in [5.41, 5.74) is 6.52. The molecule has 2 aromatic rings. The fourth-order valence-corrected chi connectivity index (χ4v) is 5.16. The van der Waals surface area contributed by atoms with E-state index in [2.05, 4.69) is 62.3 Å². The number of piperazine rings is 1. The molecule has 3 rings (SSSR count). The van der Waals surface area contributed by atoms with E-state index in [0.717, 1.165) is 44.6 Å². The molecule has 0 saturated carbocycles. The van der Waals surface area contributed by atoms with Crippen molar-refractivity contribution in [3.8, 4) is 17.2 Å². The van der Waals surface area contributed by atoms with Crippen LogP contribution < -0.4 is 24.5 Å². The molecule has 1 aliphatic heterocycles. The van der Waals surface area contributed by atoms with Gasteiger partial charge in [-0.2, -0.15) is 0 Å². The minimum atomic E-state index is -0.161. The van der Waals surface area contributed by atoms with Gasteiger partial charge >= 0.3 is 0 Å². The molecule has 0 atom stereocenters. The molecule has 0 radical (unpaired) electrons. The zero-order valence-corrected chi connectivity index (χ0v) is 26.8. The number of carbonyl (C=O) groups excluding carboxylic acids is 1. The van der Waals surface area contributed by atoms with Crippen LogP contribution in [0.2, 0.25) is 0 Å². The third kappa shape index (κ3) is 10.6. The monoisotopic (exact) mass is 579 g/mol. The molecule has 0 aliphatic carbocycles. The summed E-state index contributed by atoms with van der Waals surface area (Å²) >= 11 is 0. The predicted octanol–water partition coefficient (Wildman–Crippen LogP) is 7.39. The van der Waals surface area contributed by atoms with Crippen LogP contribution in [0, 0.1) is 0 Å². The number of hydrazine groups is 1. The second-order valence-corrected chi connectivity index (χ2v) is 12.2. The predicted molar refractivity (Wildman–Crippen MR) is 174 cm³/mol. The normalized spacial score (nSPS) is 14.3. The molecule has 2 aromatic carbocycles. The minimum Gasteiger partial charge on any atom is -0.493 e. The first-order chi connectivity index (χ1) is 20.2. The number of methoxy groups -OCH3 is 2. The van der Waals surface area contributed by atoms with Gasteiger partial charge in [-0.25, -0.2) is 5.01 Å². The first-order valence-electron chi connectivity index (χ1n) is 15.7. The van der Waals surface area contributed by atoms with E-state index in [9.17, 15) is 4.79 Å². The minimum absolute atomic E-state index is 0.147. The lowest BCUT2D eigenvalue weighted by atomic mass is 9.87. The van der Waals surface area contributed by atoms with Crippen molar-refractivity contribution in [1.29, 1.82) is 0 Å². The molecule has 0 spiro atoms. The quantitative estimate of drug-likeness (QED) is 0.165. The van der Waals surface area contributed by atoms with E-state index < -0.39 is 0 Å². The highest BCUT2D eigenvalue weighted by Gasteiger charge is 2.20. The molecule has 1 saturated heterocycles. The van der Waals surface area contributed by atoms with Crippen LogP contribution in [0.4, 0.5) is 5.69 Å². The molecule has 0 aromatic heterocycles. The van der Waals surface area contributed by atoms with Crippen molar-refractivity contribution in [3.05, 3.63) is 53.6 Å². The lowest BCUT2D eigenvalue weighted by Crippen LogP contribution is -2.53. The Morgan fingerprint density at radius 2 is 1.43 bits per heavy atom. The van der Waals surface area contributed by atoms with E-state index in [-0.39, 0.29) is 11.3 Å². The Kier molecular flexibility index (Phi) is 13.5. The summed E-state index contributed by atoms with van der Waals surface area (Å²) in [4.78, 5) is 15.1. The number of hydrogen-bond donors (Lipinski definition) is 1. The fourth-order valence-electron chi connectivity index (χ4n) is 5.16. The number of benzene rings is 2. The summed E-state index contributed by atoms with van der Waals surface area (Å²) in [6, 6.07) is 12.6. The van der Waals surface area contributed by atoms with Gasteiger partial charge in [0.2, 0.25) is 5.75 Å². The molecule has 0 bridgehead atoms. The molecule has 7 heteroatoms. The standard InChI is InChI=1S/C35H53N3O4/c1-7-8-9-10-11-12-13-14-25-42-34-31(40-5)26-28(27-32(34)41-6)15-20-33(39)36-38-23-21-37(22-24-38)30-18-16-29(17-19-30)35(2,3)4/h15-20,26-27H,7-14,21-25H2,1-6H3,(H,36,39)/b20-15+. The van der Waals surface area contributed by atoms with E-state index in [4.69, 9.17) is 14.2 Å². The van der Waals surface area contributed by atoms with E-state index >= 15 is 0 Å². The smallest absolute Gasteiger partial charge is 0.258 e. The molecule has 1 amide bonds. The highest BCUT2D eigenvalue weighted by molar-refractivity contribution is 5.91. The summed E-state index contributed by atoms with van der Waals surface area (Å²) in [5.74, 6) is 1.64. The Morgan fingerprint density at radius 1 is 0.857 bits per heavy atom. The van der Waals surface area contributed by atoms with E-state index in [0.29, 0.717) is 23.9 Å². The highest BCUT2D eigenvalue weighted by atomic mass is 16.5. The van der Waals surface area contributed by atoms with Crippen LogP contribution in [0.5, 0.6) is 17.2 Å². The van der Waals surface area contributed by atoms with Gasteiger partial charge in [0, 0.05) is 37.9 Å². The van der Waals surface area contributed by atoms with Crippen molar-refractivity contribution in [3.63, 3.8) is 0 Å². The second-order valence-electron chi connectivity index (χ2n) is 12.2. The van der Waals surface area contributed by atoms with Crippen LogP contribution in [0.3, 0.4) is 0 Å². The molecule has 1 heterocycles. The number of unbranched alkanes of at least 4 members (excludes halogenated alkanes) is 7. The first-order valence-corrected chi connectivity index (χ1v) is 15.7. The van der Waals surface area contributed by atoms with Gasteiger partial charge in [0.15, 0.2) is 11.5 Å². The third-order valence-corrected chi connectivity index (χ3v) is 7.80. The largest absolute Gasteiger partial charge is 0.493 e. The van der Waals surface area contributed by atoms with Gasteiger partial charge in [-0.05, 0) is 53.3 Å². The molecular weight excluding hydrogens is 526 g/mol. The first kappa shape index (κ1) is 33.3. The molecular formula is C35H53N3O4. The van der Waals surface area contributed by atoms with Crippen molar-refractivity contribution in [2.45, 2.75) is 84.5 Å². The van der Waals surface area contributed by atoms with Crippen molar-refractivity contribution in [2.75, 3.05) is 51.9 Å². The van der Waals surface area contributed by atoms with Crippen LogP contribution in [-0.4, -0.2) is 57.9 Å². The maximum absolute atomic E-state index is 12.7. The van der Waals surface area contributed by atoms with E-state index in [1.54, 1.807) is 26.4 Å². The van der Waals surface area contributed by atoms with Crippen LogP contribution in [-0.2, 0) is 10.2 Å². The van der Waals surface area contributed by atoms with Gasteiger partial charge in [-0.15, -0.1) is 0 Å². The van der Waals surface area contributed by atoms with Crippen molar-refractivity contribution < 1.29 is 19.0 Å². The van der Waals surface area contributed by atoms with Gasteiger partial charge in [0.05, 0.1) is 20.8 Å².